The summed E-state index contributed by atoms with van der Waals surface area (Å²) in [5, 5.41) is 3.90. The molecule has 0 aliphatic carbocycles. The minimum atomic E-state index is -3.52. The fourth-order valence-electron chi connectivity index (χ4n) is 3.24. The minimum absolute atomic E-state index is 0.154. The third kappa shape index (κ3) is 4.71. The van der Waals surface area contributed by atoms with Gasteiger partial charge in [0.15, 0.2) is 0 Å². The van der Waals surface area contributed by atoms with Crippen molar-refractivity contribution in [2.45, 2.75) is 9.79 Å². The van der Waals surface area contributed by atoms with Crippen molar-refractivity contribution in [3.05, 3.63) is 72.9 Å². The largest absolute Gasteiger partial charge is 0.324 e. The molecular weight excluding hydrogens is 462 g/mol. The number of benzene rings is 3. The summed E-state index contributed by atoms with van der Waals surface area (Å²) in [6.07, 6.45) is 1.69. The van der Waals surface area contributed by atoms with Crippen molar-refractivity contribution in [1.29, 1.82) is 0 Å². The summed E-state index contributed by atoms with van der Waals surface area (Å²) in [5.41, 5.74) is 2.95. The smallest absolute Gasteiger partial charge is 0.240 e. The summed E-state index contributed by atoms with van der Waals surface area (Å²) in [5.74, 6) is 0.341. The standard InChI is InChI=1S/C22H21N5O4S2/c1-23-32(28,29)18-10-6-15(7-11-18)20-5-3-4-16-14-25-22(27-21(16)20)26-17-8-12-19(13-9-17)33(30,31)24-2/h3-14,23-24H,1-2H3,(H,25,26,27). The topological polar surface area (TPSA) is 130 Å². The molecule has 0 fully saturated rings. The monoisotopic (exact) mass is 483 g/mol. The van der Waals surface area contributed by atoms with Crippen LogP contribution in [-0.4, -0.2) is 40.9 Å². The van der Waals surface area contributed by atoms with Gasteiger partial charge in [-0.3, -0.25) is 0 Å². The normalized spacial score (nSPS) is 12.1. The summed E-state index contributed by atoms with van der Waals surface area (Å²) < 4.78 is 52.3. The van der Waals surface area contributed by atoms with Crippen LogP contribution in [0.5, 0.6) is 0 Å². The molecule has 0 unspecified atom stereocenters. The lowest BCUT2D eigenvalue weighted by Gasteiger charge is -2.10. The van der Waals surface area contributed by atoms with Gasteiger partial charge in [0.05, 0.1) is 15.3 Å². The summed E-state index contributed by atoms with van der Waals surface area (Å²) in [6, 6.07) is 18.5. The fourth-order valence-corrected chi connectivity index (χ4v) is 4.71. The Morgan fingerprint density at radius 3 is 1.88 bits per heavy atom. The molecule has 3 N–H and O–H groups in total. The van der Waals surface area contributed by atoms with Crippen LogP contribution in [0.15, 0.2) is 82.7 Å². The third-order valence-electron chi connectivity index (χ3n) is 5.04. The van der Waals surface area contributed by atoms with Gasteiger partial charge in [-0.25, -0.2) is 36.2 Å². The van der Waals surface area contributed by atoms with Gasteiger partial charge in [0, 0.05) is 22.8 Å². The molecule has 33 heavy (non-hydrogen) atoms. The Kier molecular flexibility index (Phi) is 6.13. The molecule has 3 aromatic carbocycles. The Bertz CT molecular complexity index is 1520. The zero-order valence-corrected chi connectivity index (χ0v) is 19.4. The zero-order valence-electron chi connectivity index (χ0n) is 17.8. The molecule has 0 bridgehead atoms. The number of nitrogens with zero attached hydrogens (tertiary/aromatic N) is 2. The maximum absolute atomic E-state index is 12.0. The van der Waals surface area contributed by atoms with Gasteiger partial charge in [0.1, 0.15) is 0 Å². The van der Waals surface area contributed by atoms with Crippen LogP contribution in [0.4, 0.5) is 11.6 Å². The second-order valence-electron chi connectivity index (χ2n) is 7.03. The van der Waals surface area contributed by atoms with E-state index >= 15 is 0 Å². The number of anilines is 2. The lowest BCUT2D eigenvalue weighted by molar-refractivity contribution is 0.586. The van der Waals surface area contributed by atoms with Gasteiger partial charge in [-0.05, 0) is 56.1 Å². The number of para-hydroxylation sites is 1. The molecule has 0 aliphatic heterocycles. The molecule has 0 atom stereocenters. The molecule has 0 radical (unpaired) electrons. The molecule has 4 aromatic rings. The first-order valence-corrected chi connectivity index (χ1v) is 12.8. The molecule has 9 nitrogen and oxygen atoms in total. The van der Waals surface area contributed by atoms with Crippen molar-refractivity contribution >= 4 is 42.6 Å². The fraction of sp³-hybridized carbons (Fsp3) is 0.0909. The van der Waals surface area contributed by atoms with E-state index in [1.165, 1.54) is 26.2 Å². The summed E-state index contributed by atoms with van der Waals surface area (Å²) >= 11 is 0. The van der Waals surface area contributed by atoms with Gasteiger partial charge in [0.2, 0.25) is 26.0 Å². The number of rotatable bonds is 7. The number of sulfonamides is 2. The van der Waals surface area contributed by atoms with E-state index in [9.17, 15) is 16.8 Å². The first kappa shape index (κ1) is 22.8. The molecule has 0 amide bonds. The predicted molar refractivity (Wildman–Crippen MR) is 127 cm³/mol. The predicted octanol–water partition coefficient (Wildman–Crippen LogP) is 2.86. The SMILES string of the molecule is CNS(=O)(=O)c1ccc(Nc2ncc3cccc(-c4ccc(S(=O)(=O)NC)cc4)c3n2)cc1. The highest BCUT2D eigenvalue weighted by Gasteiger charge is 2.13. The Morgan fingerprint density at radius 1 is 0.727 bits per heavy atom. The van der Waals surface area contributed by atoms with Crippen LogP contribution in [0.2, 0.25) is 0 Å². The van der Waals surface area contributed by atoms with E-state index < -0.39 is 20.0 Å². The van der Waals surface area contributed by atoms with E-state index in [0.29, 0.717) is 17.2 Å². The third-order valence-corrected chi connectivity index (χ3v) is 7.91. The highest BCUT2D eigenvalue weighted by molar-refractivity contribution is 7.89. The van der Waals surface area contributed by atoms with Crippen LogP contribution in [0, 0.1) is 0 Å². The van der Waals surface area contributed by atoms with Crippen LogP contribution in [0.3, 0.4) is 0 Å². The molecule has 170 valence electrons. The van der Waals surface area contributed by atoms with E-state index in [2.05, 4.69) is 24.7 Å². The quantitative estimate of drug-likeness (QED) is 0.368. The first-order valence-electron chi connectivity index (χ1n) is 9.84. The zero-order chi connectivity index (χ0) is 23.6. The minimum Gasteiger partial charge on any atom is -0.324 e. The number of nitrogens with one attached hydrogen (secondary N) is 3. The molecule has 0 saturated carbocycles. The molecule has 0 spiro atoms. The molecule has 0 saturated heterocycles. The lowest BCUT2D eigenvalue weighted by atomic mass is 10.0. The second kappa shape index (κ2) is 8.87. The van der Waals surface area contributed by atoms with Gasteiger partial charge in [0.25, 0.3) is 0 Å². The number of fused-ring (bicyclic) bond motifs is 1. The molecule has 11 heteroatoms. The van der Waals surface area contributed by atoms with Crippen LogP contribution in [-0.2, 0) is 20.0 Å². The molecular formula is C22H21N5O4S2. The maximum Gasteiger partial charge on any atom is 0.240 e. The van der Waals surface area contributed by atoms with E-state index in [1.54, 1.807) is 42.6 Å². The van der Waals surface area contributed by atoms with Gasteiger partial charge in [-0.15, -0.1) is 0 Å². The van der Waals surface area contributed by atoms with Crippen LogP contribution >= 0.6 is 0 Å². The summed E-state index contributed by atoms with van der Waals surface area (Å²) in [6.45, 7) is 0. The van der Waals surface area contributed by atoms with Crippen molar-refractivity contribution in [1.82, 2.24) is 19.4 Å². The summed E-state index contributed by atoms with van der Waals surface area (Å²) in [7, 11) is -4.32. The molecule has 1 aromatic heterocycles. The molecule has 4 rings (SSSR count). The van der Waals surface area contributed by atoms with Crippen molar-refractivity contribution in [3.63, 3.8) is 0 Å². The van der Waals surface area contributed by atoms with E-state index in [-0.39, 0.29) is 9.79 Å². The maximum atomic E-state index is 12.0. The Hall–Kier alpha value is -3.38. The van der Waals surface area contributed by atoms with Gasteiger partial charge in [-0.2, -0.15) is 0 Å². The Balaban J connectivity index is 1.68. The molecule has 0 aliphatic rings. The van der Waals surface area contributed by atoms with Crippen molar-refractivity contribution in [2.24, 2.45) is 0 Å². The number of hydrogen-bond donors (Lipinski definition) is 3. The van der Waals surface area contributed by atoms with Crippen molar-refractivity contribution in [3.8, 4) is 11.1 Å². The Labute approximate surface area is 192 Å². The van der Waals surface area contributed by atoms with Crippen LogP contribution < -0.4 is 14.8 Å². The number of hydrogen-bond acceptors (Lipinski definition) is 7. The second-order valence-corrected chi connectivity index (χ2v) is 10.8. The molecule has 1 heterocycles. The van der Waals surface area contributed by atoms with Gasteiger partial charge >= 0.3 is 0 Å². The van der Waals surface area contributed by atoms with E-state index in [4.69, 9.17) is 0 Å². The van der Waals surface area contributed by atoms with Crippen LogP contribution in [0.1, 0.15) is 0 Å². The van der Waals surface area contributed by atoms with Crippen molar-refractivity contribution in [2.75, 3.05) is 19.4 Å². The average molecular weight is 484 g/mol. The highest BCUT2D eigenvalue weighted by atomic mass is 32.2. The Morgan fingerprint density at radius 2 is 1.30 bits per heavy atom. The number of aromatic nitrogens is 2. The summed E-state index contributed by atoms with van der Waals surface area (Å²) in [4.78, 5) is 9.31. The van der Waals surface area contributed by atoms with E-state index in [0.717, 1.165) is 16.5 Å². The van der Waals surface area contributed by atoms with Gasteiger partial charge in [-0.1, -0.05) is 30.3 Å². The first-order chi connectivity index (χ1) is 15.7. The highest BCUT2D eigenvalue weighted by Crippen LogP contribution is 2.29. The van der Waals surface area contributed by atoms with E-state index in [1.807, 2.05) is 18.2 Å². The average Bonchev–Trinajstić information content (AvgIpc) is 2.84. The van der Waals surface area contributed by atoms with Crippen molar-refractivity contribution < 1.29 is 16.8 Å². The lowest BCUT2D eigenvalue weighted by Crippen LogP contribution is -2.18. The van der Waals surface area contributed by atoms with Gasteiger partial charge < -0.3 is 5.32 Å². The van der Waals surface area contributed by atoms with Crippen LogP contribution in [0.25, 0.3) is 22.0 Å².